The van der Waals surface area contributed by atoms with E-state index >= 15 is 0 Å². The van der Waals surface area contributed by atoms with Crippen molar-refractivity contribution in [2.75, 3.05) is 5.32 Å². The number of carboxylic acids is 1. The zero-order valence-electron chi connectivity index (χ0n) is 11.7. The number of aryl methyl sites for hydroxylation is 1. The summed E-state index contributed by atoms with van der Waals surface area (Å²) in [6.45, 7) is 1.75. The molecule has 0 bridgehead atoms. The third kappa shape index (κ3) is 3.77. The number of rotatable bonds is 3. The molecule has 1 aliphatic carbocycles. The van der Waals surface area contributed by atoms with Crippen molar-refractivity contribution in [1.82, 2.24) is 0 Å². The molecule has 0 unspecified atom stereocenters. The van der Waals surface area contributed by atoms with Crippen LogP contribution in [-0.4, -0.2) is 22.9 Å². The number of carboxylic acid groups (broad SMARTS) is 1. The Hall–Kier alpha value is -1.98. The number of carbonyl (C=O) groups is 2. The molecule has 0 radical (unpaired) electrons. The monoisotopic (exact) mass is 297 g/mol. The second-order valence-electron chi connectivity index (χ2n) is 5.45. The second kappa shape index (κ2) is 5.79. The molecule has 1 fully saturated rings. The average molecular weight is 297 g/mol. The highest BCUT2D eigenvalue weighted by Crippen LogP contribution is 2.36. The SMILES string of the molecule is Cc1ccc(C(=O)O)cc1NC(=O)C1CCC(F)(F)CC1. The molecule has 6 heteroatoms. The van der Waals surface area contributed by atoms with Crippen molar-refractivity contribution < 1.29 is 23.5 Å². The summed E-state index contributed by atoms with van der Waals surface area (Å²) in [4.78, 5) is 23.0. The van der Waals surface area contributed by atoms with E-state index in [-0.39, 0.29) is 37.2 Å². The minimum Gasteiger partial charge on any atom is -0.478 e. The van der Waals surface area contributed by atoms with Gasteiger partial charge < -0.3 is 10.4 Å². The lowest BCUT2D eigenvalue weighted by molar-refractivity contribution is -0.124. The molecule has 114 valence electrons. The van der Waals surface area contributed by atoms with Crippen LogP contribution in [0.4, 0.5) is 14.5 Å². The minimum absolute atomic E-state index is 0.0751. The average Bonchev–Trinajstić information content (AvgIpc) is 2.40. The second-order valence-corrected chi connectivity index (χ2v) is 5.45. The Kier molecular flexibility index (Phi) is 4.25. The van der Waals surface area contributed by atoms with Gasteiger partial charge in [0.05, 0.1) is 5.56 Å². The van der Waals surface area contributed by atoms with Crippen molar-refractivity contribution in [3.63, 3.8) is 0 Å². The van der Waals surface area contributed by atoms with Gasteiger partial charge in [0, 0.05) is 24.4 Å². The lowest BCUT2D eigenvalue weighted by Crippen LogP contribution is -2.32. The summed E-state index contributed by atoms with van der Waals surface area (Å²) < 4.78 is 26.2. The molecule has 1 aliphatic rings. The molecule has 0 atom stereocenters. The number of amides is 1. The van der Waals surface area contributed by atoms with Crippen molar-refractivity contribution in [3.8, 4) is 0 Å². The van der Waals surface area contributed by atoms with E-state index in [1.165, 1.54) is 12.1 Å². The highest BCUT2D eigenvalue weighted by molar-refractivity contribution is 5.95. The molecule has 1 saturated carbocycles. The number of halogens is 2. The Morgan fingerprint density at radius 3 is 2.48 bits per heavy atom. The summed E-state index contributed by atoms with van der Waals surface area (Å²) in [6, 6.07) is 4.44. The molecule has 1 aromatic rings. The third-order valence-electron chi connectivity index (χ3n) is 3.83. The molecule has 1 aromatic carbocycles. The quantitative estimate of drug-likeness (QED) is 0.898. The zero-order valence-corrected chi connectivity index (χ0v) is 11.7. The summed E-state index contributed by atoms with van der Waals surface area (Å²) in [5, 5.41) is 11.6. The summed E-state index contributed by atoms with van der Waals surface area (Å²) in [5.41, 5.74) is 1.22. The van der Waals surface area contributed by atoms with Gasteiger partial charge in [0.2, 0.25) is 11.8 Å². The van der Waals surface area contributed by atoms with Crippen LogP contribution >= 0.6 is 0 Å². The first kappa shape index (κ1) is 15.4. The lowest BCUT2D eigenvalue weighted by Gasteiger charge is -2.27. The maximum absolute atomic E-state index is 13.1. The van der Waals surface area contributed by atoms with Gasteiger partial charge in [0.25, 0.3) is 0 Å². The van der Waals surface area contributed by atoms with Crippen molar-refractivity contribution in [2.24, 2.45) is 5.92 Å². The van der Waals surface area contributed by atoms with E-state index in [4.69, 9.17) is 5.11 Å². The summed E-state index contributed by atoms with van der Waals surface area (Å²) >= 11 is 0. The van der Waals surface area contributed by atoms with Gasteiger partial charge in [-0.05, 0) is 37.5 Å². The van der Waals surface area contributed by atoms with Gasteiger partial charge in [-0.1, -0.05) is 6.07 Å². The van der Waals surface area contributed by atoms with Crippen LogP contribution in [0.15, 0.2) is 18.2 Å². The molecular weight excluding hydrogens is 280 g/mol. The number of aromatic carboxylic acids is 1. The predicted molar refractivity (Wildman–Crippen MR) is 73.7 cm³/mol. The summed E-state index contributed by atoms with van der Waals surface area (Å²) in [6.07, 6.45) is -0.258. The molecule has 4 nitrogen and oxygen atoms in total. The van der Waals surface area contributed by atoms with Crippen LogP contribution in [0.2, 0.25) is 0 Å². The van der Waals surface area contributed by atoms with Gasteiger partial charge in [-0.2, -0.15) is 0 Å². The first-order valence-electron chi connectivity index (χ1n) is 6.81. The van der Waals surface area contributed by atoms with Crippen molar-refractivity contribution in [2.45, 2.75) is 38.5 Å². The van der Waals surface area contributed by atoms with Crippen molar-refractivity contribution in [1.29, 1.82) is 0 Å². The molecule has 0 heterocycles. The highest BCUT2D eigenvalue weighted by Gasteiger charge is 2.37. The minimum atomic E-state index is -2.67. The molecule has 0 spiro atoms. The largest absolute Gasteiger partial charge is 0.478 e. The molecule has 2 N–H and O–H groups in total. The number of benzene rings is 1. The van der Waals surface area contributed by atoms with E-state index in [0.29, 0.717) is 5.69 Å². The number of carbonyl (C=O) groups excluding carboxylic acids is 1. The normalized spacial score (nSPS) is 18.2. The van der Waals surface area contributed by atoms with Crippen molar-refractivity contribution >= 4 is 17.6 Å². The fourth-order valence-electron chi connectivity index (χ4n) is 2.43. The van der Waals surface area contributed by atoms with Gasteiger partial charge in [-0.25, -0.2) is 13.6 Å². The fraction of sp³-hybridized carbons (Fsp3) is 0.467. The number of anilines is 1. The maximum Gasteiger partial charge on any atom is 0.335 e. The summed E-state index contributed by atoms with van der Waals surface area (Å²) in [5.74, 6) is -4.52. The predicted octanol–water partition coefficient (Wildman–Crippen LogP) is 3.46. The van der Waals surface area contributed by atoms with E-state index in [1.54, 1.807) is 13.0 Å². The molecule has 0 aliphatic heterocycles. The third-order valence-corrected chi connectivity index (χ3v) is 3.83. The smallest absolute Gasteiger partial charge is 0.335 e. The molecule has 0 saturated heterocycles. The first-order valence-corrected chi connectivity index (χ1v) is 6.81. The van der Waals surface area contributed by atoms with E-state index in [0.717, 1.165) is 5.56 Å². The zero-order chi connectivity index (χ0) is 15.6. The fourth-order valence-corrected chi connectivity index (χ4v) is 2.43. The van der Waals surface area contributed by atoms with Crippen LogP contribution in [0.25, 0.3) is 0 Å². The molecule has 21 heavy (non-hydrogen) atoms. The van der Waals surface area contributed by atoms with Gasteiger partial charge in [-0.15, -0.1) is 0 Å². The Balaban J connectivity index is 2.06. The Bertz CT molecular complexity index is 562. The lowest BCUT2D eigenvalue weighted by atomic mass is 9.86. The van der Waals surface area contributed by atoms with Crippen LogP contribution in [0.3, 0.4) is 0 Å². The van der Waals surface area contributed by atoms with Crippen molar-refractivity contribution in [3.05, 3.63) is 29.3 Å². The topological polar surface area (TPSA) is 66.4 Å². The van der Waals surface area contributed by atoms with E-state index in [1.807, 2.05) is 0 Å². The molecule has 0 aromatic heterocycles. The van der Waals surface area contributed by atoms with E-state index in [2.05, 4.69) is 5.32 Å². The van der Waals surface area contributed by atoms with Gasteiger partial charge in [0.15, 0.2) is 0 Å². The van der Waals surface area contributed by atoms with Crippen LogP contribution in [0.5, 0.6) is 0 Å². The number of hydrogen-bond donors (Lipinski definition) is 2. The van der Waals surface area contributed by atoms with Crippen LogP contribution in [0, 0.1) is 12.8 Å². The van der Waals surface area contributed by atoms with Gasteiger partial charge >= 0.3 is 5.97 Å². The van der Waals surface area contributed by atoms with Gasteiger partial charge in [0.1, 0.15) is 0 Å². The van der Waals surface area contributed by atoms with Gasteiger partial charge in [-0.3, -0.25) is 4.79 Å². The van der Waals surface area contributed by atoms with E-state index in [9.17, 15) is 18.4 Å². The van der Waals surface area contributed by atoms with Crippen LogP contribution < -0.4 is 5.32 Å². The Labute approximate surface area is 121 Å². The molecule has 1 amide bonds. The number of hydrogen-bond acceptors (Lipinski definition) is 2. The Morgan fingerprint density at radius 1 is 1.29 bits per heavy atom. The summed E-state index contributed by atoms with van der Waals surface area (Å²) in [7, 11) is 0. The molecule has 2 rings (SSSR count). The number of alkyl halides is 2. The standard InChI is InChI=1S/C15H17F2NO3/c1-9-2-3-11(14(20)21)8-12(9)18-13(19)10-4-6-15(16,17)7-5-10/h2-3,8,10H,4-7H2,1H3,(H,18,19)(H,20,21). The van der Waals surface area contributed by atoms with Crippen LogP contribution in [-0.2, 0) is 4.79 Å². The van der Waals surface area contributed by atoms with Crippen LogP contribution in [0.1, 0.15) is 41.6 Å². The van der Waals surface area contributed by atoms with E-state index < -0.39 is 17.8 Å². The first-order chi connectivity index (χ1) is 9.78. The Morgan fingerprint density at radius 2 is 1.90 bits per heavy atom. The number of nitrogens with one attached hydrogen (secondary N) is 1. The highest BCUT2D eigenvalue weighted by atomic mass is 19.3. The maximum atomic E-state index is 13.1. The molecular formula is C15H17F2NO3.